The Morgan fingerprint density at radius 2 is 2.29 bits per heavy atom. The van der Waals surface area contributed by atoms with Crippen molar-refractivity contribution in [3.8, 4) is 0 Å². The summed E-state index contributed by atoms with van der Waals surface area (Å²) >= 11 is 1.55. The minimum absolute atomic E-state index is 0.195. The molecule has 21 heavy (non-hydrogen) atoms. The highest BCUT2D eigenvalue weighted by Crippen LogP contribution is 2.30. The molecule has 0 aromatic carbocycles. The van der Waals surface area contributed by atoms with Gasteiger partial charge in [-0.3, -0.25) is 15.1 Å². The zero-order valence-corrected chi connectivity index (χ0v) is 13.4. The minimum atomic E-state index is -0.195. The Labute approximate surface area is 130 Å². The van der Waals surface area contributed by atoms with Crippen LogP contribution in [-0.2, 0) is 6.54 Å². The summed E-state index contributed by atoms with van der Waals surface area (Å²) in [6.07, 6.45) is 3.95. The van der Waals surface area contributed by atoms with Crippen LogP contribution >= 0.6 is 11.3 Å². The number of hydrogen-bond acceptors (Lipinski definition) is 5. The van der Waals surface area contributed by atoms with E-state index in [0.717, 1.165) is 25.0 Å². The van der Waals surface area contributed by atoms with Crippen LogP contribution in [0, 0.1) is 5.92 Å². The number of hydrogen-bond donors (Lipinski definition) is 2. The van der Waals surface area contributed by atoms with E-state index in [9.17, 15) is 4.79 Å². The highest BCUT2D eigenvalue weighted by Gasteiger charge is 2.34. The van der Waals surface area contributed by atoms with Crippen LogP contribution in [0.1, 0.15) is 33.8 Å². The van der Waals surface area contributed by atoms with Gasteiger partial charge in [-0.15, -0.1) is 11.3 Å². The first-order valence-corrected chi connectivity index (χ1v) is 8.51. The second-order valence-corrected chi connectivity index (χ2v) is 7.38. The molecule has 0 bridgehead atoms. The fourth-order valence-corrected chi connectivity index (χ4v) is 4.70. The molecule has 3 heterocycles. The van der Waals surface area contributed by atoms with Crippen molar-refractivity contribution in [2.45, 2.75) is 31.8 Å². The number of carbonyl (C=O) groups excluding carboxylic acids is 1. The molecule has 1 aromatic heterocycles. The van der Waals surface area contributed by atoms with E-state index in [0.29, 0.717) is 4.88 Å². The molecule has 0 aliphatic carbocycles. The molecule has 2 aliphatic rings. The summed E-state index contributed by atoms with van der Waals surface area (Å²) in [6.45, 7) is 4.55. The number of nitrogens with one attached hydrogen (secondary N) is 1. The second kappa shape index (κ2) is 6.44. The van der Waals surface area contributed by atoms with Crippen molar-refractivity contribution in [2.24, 2.45) is 11.8 Å². The van der Waals surface area contributed by atoms with Crippen molar-refractivity contribution in [3.05, 3.63) is 21.9 Å². The number of nitrogen functional groups attached to an aromatic ring is 1. The lowest BCUT2D eigenvalue weighted by Crippen LogP contribution is -2.52. The topological polar surface area (TPSA) is 61.6 Å². The molecule has 2 unspecified atom stereocenters. The van der Waals surface area contributed by atoms with Gasteiger partial charge in [0.2, 0.25) is 0 Å². The maximum atomic E-state index is 11.5. The Morgan fingerprint density at radius 3 is 3.10 bits per heavy atom. The smallest absolute Gasteiger partial charge is 0.275 e. The lowest BCUT2D eigenvalue weighted by molar-refractivity contribution is 0.0359. The third-order valence-corrected chi connectivity index (χ3v) is 5.89. The Hall–Kier alpha value is -0.950. The van der Waals surface area contributed by atoms with Gasteiger partial charge in [0.1, 0.15) is 0 Å². The van der Waals surface area contributed by atoms with Gasteiger partial charge in [0.05, 0.1) is 4.88 Å². The van der Waals surface area contributed by atoms with Gasteiger partial charge in [-0.05, 0) is 50.9 Å². The average Bonchev–Trinajstić information content (AvgIpc) is 2.95. The number of amides is 1. The first-order valence-electron chi connectivity index (χ1n) is 7.69. The molecule has 0 saturated carbocycles. The molecule has 2 atom stereocenters. The summed E-state index contributed by atoms with van der Waals surface area (Å²) in [5, 5.41) is 0. The summed E-state index contributed by atoms with van der Waals surface area (Å²) < 4.78 is 0. The van der Waals surface area contributed by atoms with Crippen LogP contribution in [0.15, 0.2) is 12.1 Å². The molecule has 5 nitrogen and oxygen atoms in total. The number of rotatable bonds is 3. The van der Waals surface area contributed by atoms with Crippen molar-refractivity contribution >= 4 is 17.2 Å². The normalized spacial score (nSPS) is 27.3. The molecule has 2 fully saturated rings. The Morgan fingerprint density at radius 1 is 1.43 bits per heavy atom. The van der Waals surface area contributed by atoms with Gasteiger partial charge in [-0.2, -0.15) is 0 Å². The summed E-state index contributed by atoms with van der Waals surface area (Å²) in [5.41, 5.74) is 2.19. The Balaban J connectivity index is 1.59. The van der Waals surface area contributed by atoms with Gasteiger partial charge in [-0.1, -0.05) is 0 Å². The highest BCUT2D eigenvalue weighted by atomic mass is 32.1. The van der Waals surface area contributed by atoms with Gasteiger partial charge in [0.15, 0.2) is 0 Å². The predicted molar refractivity (Wildman–Crippen MR) is 85.0 cm³/mol. The van der Waals surface area contributed by atoms with Gasteiger partial charge in [0, 0.05) is 30.6 Å². The third kappa shape index (κ3) is 3.29. The van der Waals surface area contributed by atoms with Crippen LogP contribution in [0.25, 0.3) is 0 Å². The number of fused-ring (bicyclic) bond motifs is 1. The van der Waals surface area contributed by atoms with Crippen LogP contribution in [0.3, 0.4) is 0 Å². The molecule has 116 valence electrons. The van der Waals surface area contributed by atoms with E-state index in [1.54, 1.807) is 11.3 Å². The molecule has 0 radical (unpaired) electrons. The van der Waals surface area contributed by atoms with Crippen LogP contribution in [0.4, 0.5) is 0 Å². The number of carbonyl (C=O) groups is 1. The average molecular weight is 308 g/mol. The third-order valence-electron chi connectivity index (χ3n) is 4.83. The highest BCUT2D eigenvalue weighted by molar-refractivity contribution is 7.14. The fourth-order valence-electron chi connectivity index (χ4n) is 3.75. The fraction of sp³-hybridized carbons (Fsp3) is 0.667. The summed E-state index contributed by atoms with van der Waals surface area (Å²) in [6, 6.07) is 4.69. The number of hydrazine groups is 1. The molecule has 1 amide bonds. The van der Waals surface area contributed by atoms with E-state index in [2.05, 4.69) is 22.3 Å². The number of likely N-dealkylation sites (tertiary alicyclic amines) is 2. The molecular formula is C15H24N4OS. The minimum Gasteiger partial charge on any atom is -0.303 e. The molecule has 3 rings (SSSR count). The van der Waals surface area contributed by atoms with Crippen molar-refractivity contribution in [1.29, 1.82) is 0 Å². The largest absolute Gasteiger partial charge is 0.303 e. The molecule has 2 aliphatic heterocycles. The Bertz CT molecular complexity index is 504. The first-order chi connectivity index (χ1) is 10.2. The summed E-state index contributed by atoms with van der Waals surface area (Å²) in [5.74, 6) is 5.79. The zero-order valence-electron chi connectivity index (χ0n) is 12.5. The quantitative estimate of drug-likeness (QED) is 0.501. The lowest BCUT2D eigenvalue weighted by Gasteiger charge is -2.46. The van der Waals surface area contributed by atoms with Crippen molar-refractivity contribution in [1.82, 2.24) is 15.2 Å². The van der Waals surface area contributed by atoms with Crippen LogP contribution in [0.2, 0.25) is 0 Å². The molecule has 0 spiro atoms. The van der Waals surface area contributed by atoms with Gasteiger partial charge < -0.3 is 4.90 Å². The predicted octanol–water partition coefficient (Wildman–Crippen LogP) is 1.27. The maximum absolute atomic E-state index is 11.5. The van der Waals surface area contributed by atoms with Crippen molar-refractivity contribution in [3.63, 3.8) is 0 Å². The molecular weight excluding hydrogens is 284 g/mol. The van der Waals surface area contributed by atoms with E-state index in [1.165, 1.54) is 37.2 Å². The second-order valence-electron chi connectivity index (χ2n) is 6.21. The molecule has 1 aromatic rings. The molecule has 3 N–H and O–H groups in total. The SMILES string of the molecule is CN1CCCC2CN(Cc3ccc(C(=O)NN)s3)CCC21. The lowest BCUT2D eigenvalue weighted by atomic mass is 9.84. The Kier molecular flexibility index (Phi) is 4.59. The number of piperidine rings is 2. The summed E-state index contributed by atoms with van der Waals surface area (Å²) in [7, 11) is 2.27. The van der Waals surface area contributed by atoms with E-state index in [4.69, 9.17) is 5.84 Å². The monoisotopic (exact) mass is 308 g/mol. The van der Waals surface area contributed by atoms with E-state index in [-0.39, 0.29) is 5.91 Å². The maximum Gasteiger partial charge on any atom is 0.275 e. The number of nitrogens with zero attached hydrogens (tertiary/aromatic N) is 2. The van der Waals surface area contributed by atoms with Crippen molar-refractivity contribution < 1.29 is 4.79 Å². The standard InChI is InChI=1S/C15H24N4OS/c1-18-7-2-3-11-9-19(8-6-13(11)18)10-12-4-5-14(21-12)15(20)17-16/h4-5,11,13H,2-3,6-10,16H2,1H3,(H,17,20). The van der Waals surface area contributed by atoms with Crippen LogP contribution in [-0.4, -0.2) is 48.4 Å². The summed E-state index contributed by atoms with van der Waals surface area (Å²) in [4.78, 5) is 18.5. The van der Waals surface area contributed by atoms with Crippen LogP contribution in [0.5, 0.6) is 0 Å². The van der Waals surface area contributed by atoms with E-state index in [1.807, 2.05) is 12.1 Å². The number of nitrogens with two attached hydrogens (primary N) is 1. The van der Waals surface area contributed by atoms with Gasteiger partial charge in [0.25, 0.3) is 5.91 Å². The zero-order chi connectivity index (χ0) is 14.8. The van der Waals surface area contributed by atoms with E-state index < -0.39 is 0 Å². The molecule has 2 saturated heterocycles. The van der Waals surface area contributed by atoms with Crippen molar-refractivity contribution in [2.75, 3.05) is 26.7 Å². The van der Waals surface area contributed by atoms with Gasteiger partial charge >= 0.3 is 0 Å². The first kappa shape index (κ1) is 15.0. The van der Waals surface area contributed by atoms with Crippen LogP contribution < -0.4 is 11.3 Å². The molecule has 6 heteroatoms. The van der Waals surface area contributed by atoms with E-state index >= 15 is 0 Å². The number of thiophene rings is 1. The van der Waals surface area contributed by atoms with Gasteiger partial charge in [-0.25, -0.2) is 5.84 Å².